The smallest absolute Gasteiger partial charge is 0.127 e. The number of nitriles is 1. The van der Waals surface area contributed by atoms with Gasteiger partial charge in [0, 0.05) is 32.0 Å². The number of nitrogens with one attached hydrogen (secondary N) is 1. The molecule has 0 bridgehead atoms. The van der Waals surface area contributed by atoms with Gasteiger partial charge in [0.1, 0.15) is 5.82 Å². The van der Waals surface area contributed by atoms with E-state index in [1.165, 1.54) is 5.69 Å². The zero-order valence-electron chi connectivity index (χ0n) is 11.6. The molecule has 0 saturated carbocycles. The summed E-state index contributed by atoms with van der Waals surface area (Å²) in [6.07, 6.45) is 2.65. The van der Waals surface area contributed by atoms with Gasteiger partial charge in [0.2, 0.25) is 0 Å². The second-order valence-corrected chi connectivity index (χ2v) is 4.58. The van der Waals surface area contributed by atoms with Crippen molar-refractivity contribution in [3.8, 4) is 6.07 Å². The highest BCUT2D eigenvalue weighted by Gasteiger charge is 2.00. The first-order chi connectivity index (χ1) is 9.79. The van der Waals surface area contributed by atoms with Crippen LogP contribution < -0.4 is 10.2 Å². The predicted octanol–water partition coefficient (Wildman–Crippen LogP) is 2.89. The number of rotatable bonds is 6. The SMILES string of the molecule is CN(CCCNc1cc(C#N)ccn1)c1ccccc1. The Hall–Kier alpha value is -2.54. The average Bonchev–Trinajstić information content (AvgIpc) is 2.52. The standard InChI is InChI=1S/C16H18N4/c1-20(15-6-3-2-4-7-15)11-5-9-18-16-12-14(13-17)8-10-19-16/h2-4,6-8,10,12H,5,9,11H2,1H3,(H,18,19). The van der Waals surface area contributed by atoms with Gasteiger partial charge in [-0.2, -0.15) is 5.26 Å². The number of hydrogen-bond donors (Lipinski definition) is 1. The van der Waals surface area contributed by atoms with Crippen LogP contribution in [0.5, 0.6) is 0 Å². The molecular weight excluding hydrogens is 248 g/mol. The maximum Gasteiger partial charge on any atom is 0.127 e. The van der Waals surface area contributed by atoms with Gasteiger partial charge in [-0.15, -0.1) is 0 Å². The van der Waals surface area contributed by atoms with Crippen molar-refractivity contribution < 1.29 is 0 Å². The molecule has 1 heterocycles. The van der Waals surface area contributed by atoms with Crippen LogP contribution >= 0.6 is 0 Å². The maximum atomic E-state index is 8.82. The Labute approximate surface area is 119 Å². The number of aromatic nitrogens is 1. The predicted molar refractivity (Wildman–Crippen MR) is 81.8 cm³/mol. The van der Waals surface area contributed by atoms with E-state index in [4.69, 9.17) is 5.26 Å². The van der Waals surface area contributed by atoms with Gasteiger partial charge >= 0.3 is 0 Å². The van der Waals surface area contributed by atoms with Gasteiger partial charge in [-0.1, -0.05) is 18.2 Å². The largest absolute Gasteiger partial charge is 0.375 e. The first-order valence-corrected chi connectivity index (χ1v) is 6.66. The Bertz CT molecular complexity index is 575. The molecule has 0 aliphatic heterocycles. The molecule has 0 unspecified atom stereocenters. The highest BCUT2D eigenvalue weighted by Crippen LogP contribution is 2.11. The number of anilines is 2. The van der Waals surface area contributed by atoms with E-state index in [-0.39, 0.29) is 0 Å². The van der Waals surface area contributed by atoms with E-state index in [1.807, 2.05) is 18.2 Å². The minimum Gasteiger partial charge on any atom is -0.375 e. The lowest BCUT2D eigenvalue weighted by Crippen LogP contribution is -2.20. The van der Waals surface area contributed by atoms with Crippen molar-refractivity contribution in [1.82, 2.24) is 4.98 Å². The zero-order chi connectivity index (χ0) is 14.2. The zero-order valence-corrected chi connectivity index (χ0v) is 11.6. The Kier molecular flexibility index (Phi) is 4.96. The fourth-order valence-electron chi connectivity index (χ4n) is 1.94. The Morgan fingerprint density at radius 2 is 2.05 bits per heavy atom. The Balaban J connectivity index is 1.75. The van der Waals surface area contributed by atoms with E-state index in [0.717, 1.165) is 25.3 Å². The van der Waals surface area contributed by atoms with Crippen molar-refractivity contribution >= 4 is 11.5 Å². The number of benzene rings is 1. The molecule has 20 heavy (non-hydrogen) atoms. The van der Waals surface area contributed by atoms with Crippen LogP contribution in [0.3, 0.4) is 0 Å². The third-order valence-electron chi connectivity index (χ3n) is 3.06. The fourth-order valence-corrected chi connectivity index (χ4v) is 1.94. The second-order valence-electron chi connectivity index (χ2n) is 4.58. The maximum absolute atomic E-state index is 8.82. The molecule has 0 saturated heterocycles. The van der Waals surface area contributed by atoms with E-state index in [1.54, 1.807) is 18.3 Å². The minimum absolute atomic E-state index is 0.629. The number of pyridine rings is 1. The molecule has 1 N–H and O–H groups in total. The number of nitrogens with zero attached hydrogens (tertiary/aromatic N) is 3. The molecule has 0 radical (unpaired) electrons. The van der Waals surface area contributed by atoms with Gasteiger partial charge in [0.05, 0.1) is 11.6 Å². The molecule has 102 valence electrons. The molecule has 0 aliphatic rings. The molecule has 0 amide bonds. The number of para-hydroxylation sites is 1. The van der Waals surface area contributed by atoms with Crippen LogP contribution in [-0.2, 0) is 0 Å². The highest BCUT2D eigenvalue weighted by atomic mass is 15.1. The average molecular weight is 266 g/mol. The summed E-state index contributed by atoms with van der Waals surface area (Å²) in [6.45, 7) is 1.80. The van der Waals surface area contributed by atoms with Crippen LogP contribution in [0.15, 0.2) is 48.7 Å². The number of hydrogen-bond acceptors (Lipinski definition) is 4. The van der Waals surface area contributed by atoms with Crippen molar-refractivity contribution in [1.29, 1.82) is 5.26 Å². The normalized spacial score (nSPS) is 9.80. The quantitative estimate of drug-likeness (QED) is 0.817. The van der Waals surface area contributed by atoms with Crippen LogP contribution in [0.25, 0.3) is 0 Å². The summed E-state index contributed by atoms with van der Waals surface area (Å²) in [4.78, 5) is 6.41. The summed E-state index contributed by atoms with van der Waals surface area (Å²) in [5.41, 5.74) is 1.85. The first kappa shape index (κ1) is 13.9. The third kappa shape index (κ3) is 3.99. The molecule has 0 spiro atoms. The summed E-state index contributed by atoms with van der Waals surface area (Å²) in [5.74, 6) is 0.756. The summed E-state index contributed by atoms with van der Waals surface area (Å²) in [7, 11) is 2.09. The monoisotopic (exact) mass is 266 g/mol. The highest BCUT2D eigenvalue weighted by molar-refractivity contribution is 5.45. The van der Waals surface area contributed by atoms with E-state index in [0.29, 0.717) is 5.56 Å². The summed E-state index contributed by atoms with van der Waals surface area (Å²) >= 11 is 0. The lowest BCUT2D eigenvalue weighted by atomic mass is 10.2. The Morgan fingerprint density at radius 1 is 1.25 bits per heavy atom. The van der Waals surface area contributed by atoms with Crippen molar-refractivity contribution in [3.05, 3.63) is 54.2 Å². The van der Waals surface area contributed by atoms with E-state index >= 15 is 0 Å². The molecule has 0 atom stereocenters. The van der Waals surface area contributed by atoms with Crippen LogP contribution in [0.1, 0.15) is 12.0 Å². The second kappa shape index (κ2) is 7.15. The summed E-state index contributed by atoms with van der Waals surface area (Å²) in [6, 6.07) is 15.9. The van der Waals surface area contributed by atoms with Crippen LogP contribution in [0, 0.1) is 11.3 Å². The van der Waals surface area contributed by atoms with Gasteiger partial charge in [-0.3, -0.25) is 0 Å². The topological polar surface area (TPSA) is 52.0 Å². The lowest BCUT2D eigenvalue weighted by molar-refractivity contribution is 0.814. The van der Waals surface area contributed by atoms with Crippen molar-refractivity contribution in [3.63, 3.8) is 0 Å². The summed E-state index contributed by atoms with van der Waals surface area (Å²) in [5, 5.41) is 12.1. The van der Waals surface area contributed by atoms with Crippen molar-refractivity contribution in [2.75, 3.05) is 30.4 Å². The van der Waals surface area contributed by atoms with Gasteiger partial charge in [-0.05, 0) is 30.7 Å². The Morgan fingerprint density at radius 3 is 2.80 bits per heavy atom. The van der Waals surface area contributed by atoms with E-state index in [9.17, 15) is 0 Å². The van der Waals surface area contributed by atoms with E-state index in [2.05, 4.69) is 40.5 Å². The molecule has 2 rings (SSSR count). The molecule has 1 aromatic heterocycles. The van der Waals surface area contributed by atoms with Crippen molar-refractivity contribution in [2.45, 2.75) is 6.42 Å². The molecule has 1 aromatic carbocycles. The van der Waals surface area contributed by atoms with Crippen molar-refractivity contribution in [2.24, 2.45) is 0 Å². The van der Waals surface area contributed by atoms with Gasteiger partial charge in [-0.25, -0.2) is 4.98 Å². The van der Waals surface area contributed by atoms with Crippen LogP contribution in [0.2, 0.25) is 0 Å². The van der Waals surface area contributed by atoms with Gasteiger partial charge in [0.25, 0.3) is 0 Å². The minimum atomic E-state index is 0.629. The van der Waals surface area contributed by atoms with Gasteiger partial charge < -0.3 is 10.2 Å². The molecule has 0 fully saturated rings. The fraction of sp³-hybridized carbons (Fsp3) is 0.250. The molecule has 0 aliphatic carbocycles. The van der Waals surface area contributed by atoms with Crippen LogP contribution in [0.4, 0.5) is 11.5 Å². The molecule has 2 aromatic rings. The van der Waals surface area contributed by atoms with Crippen LogP contribution in [-0.4, -0.2) is 25.1 Å². The first-order valence-electron chi connectivity index (χ1n) is 6.66. The van der Waals surface area contributed by atoms with Gasteiger partial charge in [0.15, 0.2) is 0 Å². The molecular formula is C16H18N4. The summed E-state index contributed by atoms with van der Waals surface area (Å²) < 4.78 is 0. The molecule has 4 nitrogen and oxygen atoms in total. The third-order valence-corrected chi connectivity index (χ3v) is 3.06. The lowest BCUT2D eigenvalue weighted by Gasteiger charge is -2.19. The molecule has 4 heteroatoms. The van der Waals surface area contributed by atoms with E-state index < -0.39 is 0 Å².